The molecule has 2 aliphatic rings. The third-order valence-electron chi connectivity index (χ3n) is 7.43. The first kappa shape index (κ1) is 26.0. The molecule has 1 aromatic heterocycles. The lowest BCUT2D eigenvalue weighted by atomic mass is 9.84. The van der Waals surface area contributed by atoms with E-state index < -0.39 is 11.4 Å². The van der Waals surface area contributed by atoms with Gasteiger partial charge < -0.3 is 24.0 Å². The Kier molecular flexibility index (Phi) is 6.82. The van der Waals surface area contributed by atoms with Gasteiger partial charge in [-0.1, -0.05) is 52.3 Å². The van der Waals surface area contributed by atoms with Gasteiger partial charge in [-0.15, -0.1) is 0 Å². The van der Waals surface area contributed by atoms with Crippen LogP contribution in [0.2, 0.25) is 0 Å². The number of hydrogen-bond donors (Lipinski definition) is 1. The number of likely N-dealkylation sites (N-methyl/N-ethyl adjacent to an activating group) is 1. The van der Waals surface area contributed by atoms with Gasteiger partial charge in [0.25, 0.3) is 0 Å². The fourth-order valence-corrected chi connectivity index (χ4v) is 5.08. The molecule has 1 aromatic carbocycles. The van der Waals surface area contributed by atoms with Gasteiger partial charge in [-0.3, -0.25) is 4.79 Å². The summed E-state index contributed by atoms with van der Waals surface area (Å²) in [6, 6.07) is 7.53. The number of benzene rings is 1. The summed E-state index contributed by atoms with van der Waals surface area (Å²) in [6.07, 6.45) is 2.37. The first-order valence-electron chi connectivity index (χ1n) is 12.6. The average Bonchev–Trinajstić information content (AvgIpc) is 2.79. The zero-order valence-corrected chi connectivity index (χ0v) is 22.5. The van der Waals surface area contributed by atoms with E-state index in [-0.39, 0.29) is 22.4 Å². The molecule has 0 radical (unpaired) electrons. The van der Waals surface area contributed by atoms with Crippen molar-refractivity contribution >= 4 is 17.2 Å². The minimum absolute atomic E-state index is 0.00917. The van der Waals surface area contributed by atoms with E-state index in [2.05, 4.69) is 52.5 Å². The van der Waals surface area contributed by atoms with Crippen LogP contribution in [0.15, 0.2) is 35.3 Å². The predicted molar refractivity (Wildman–Crippen MR) is 141 cm³/mol. The van der Waals surface area contributed by atoms with Crippen LogP contribution in [0.5, 0.6) is 5.75 Å². The van der Waals surface area contributed by atoms with Crippen molar-refractivity contribution in [3.05, 3.63) is 62.4 Å². The molecule has 1 fully saturated rings. The van der Waals surface area contributed by atoms with Gasteiger partial charge in [-0.2, -0.15) is 0 Å². The van der Waals surface area contributed by atoms with Crippen LogP contribution < -0.4 is 20.6 Å². The normalized spacial score (nSPS) is 21.4. The number of nitrogens with zero attached hydrogens (tertiary/aromatic N) is 2. The van der Waals surface area contributed by atoms with Gasteiger partial charge in [-0.05, 0) is 24.8 Å². The molecule has 0 bridgehead atoms. The molecule has 0 saturated carbocycles. The molecular formula is C29H38N2O5. The smallest absolute Gasteiger partial charge is 0.341 e. The third-order valence-corrected chi connectivity index (χ3v) is 7.43. The van der Waals surface area contributed by atoms with Crippen LogP contribution in [-0.2, 0) is 4.74 Å². The minimum atomic E-state index is -1.21. The highest BCUT2D eigenvalue weighted by Gasteiger charge is 2.36. The summed E-state index contributed by atoms with van der Waals surface area (Å²) < 4.78 is 13.8. The van der Waals surface area contributed by atoms with Crippen LogP contribution in [0.4, 0.5) is 0 Å². The zero-order valence-electron chi connectivity index (χ0n) is 22.5. The van der Waals surface area contributed by atoms with Gasteiger partial charge in [0.2, 0.25) is 0 Å². The van der Waals surface area contributed by atoms with E-state index in [1.807, 2.05) is 23.7 Å². The Morgan fingerprint density at radius 3 is 2.53 bits per heavy atom. The molecule has 1 unspecified atom stereocenters. The molecule has 1 saturated heterocycles. The number of fused-ring (bicyclic) bond motifs is 1. The first-order valence-corrected chi connectivity index (χ1v) is 12.6. The molecule has 4 rings (SSSR count). The molecule has 2 aromatic rings. The van der Waals surface area contributed by atoms with Gasteiger partial charge in [-0.25, -0.2) is 4.79 Å². The van der Waals surface area contributed by atoms with Crippen molar-refractivity contribution in [2.45, 2.75) is 54.0 Å². The highest BCUT2D eigenvalue weighted by molar-refractivity contribution is 5.87. The lowest BCUT2D eigenvalue weighted by Crippen LogP contribution is -2.47. The highest BCUT2D eigenvalue weighted by Crippen LogP contribution is 2.37. The number of pyridine rings is 1. The van der Waals surface area contributed by atoms with Crippen LogP contribution in [-0.4, -0.2) is 54.0 Å². The van der Waals surface area contributed by atoms with Gasteiger partial charge in [0.05, 0.1) is 37.3 Å². The fourth-order valence-electron chi connectivity index (χ4n) is 5.08. The summed E-state index contributed by atoms with van der Waals surface area (Å²) >= 11 is 0. The summed E-state index contributed by atoms with van der Waals surface area (Å²) in [5, 5.41) is 11.7. The molecule has 36 heavy (non-hydrogen) atoms. The third kappa shape index (κ3) is 4.69. The van der Waals surface area contributed by atoms with Crippen molar-refractivity contribution in [2.75, 3.05) is 33.4 Å². The number of carboxylic acid groups (broad SMARTS) is 1. The van der Waals surface area contributed by atoms with Crippen molar-refractivity contribution in [3.8, 4) is 5.75 Å². The minimum Gasteiger partial charge on any atom is -0.492 e. The van der Waals surface area contributed by atoms with E-state index in [1.54, 1.807) is 0 Å². The fraction of sp³-hybridized carbons (Fsp3) is 0.517. The molecule has 0 amide bonds. The summed E-state index contributed by atoms with van der Waals surface area (Å²) in [6.45, 7) is 15.4. The molecule has 7 heteroatoms. The van der Waals surface area contributed by atoms with E-state index in [4.69, 9.17) is 9.47 Å². The quantitative estimate of drug-likeness (QED) is 0.688. The molecule has 0 spiro atoms. The number of carboxylic acids is 1. The number of aromatic carboxylic acids is 1. The summed E-state index contributed by atoms with van der Waals surface area (Å²) in [4.78, 5) is 26.9. The number of rotatable bonds is 5. The van der Waals surface area contributed by atoms with Crippen molar-refractivity contribution in [2.24, 2.45) is 10.8 Å². The molecular weight excluding hydrogens is 456 g/mol. The summed E-state index contributed by atoms with van der Waals surface area (Å²) in [7, 11) is 2.04. The van der Waals surface area contributed by atoms with Crippen molar-refractivity contribution in [1.82, 2.24) is 9.47 Å². The Hall–Kier alpha value is -3.06. The van der Waals surface area contributed by atoms with E-state index in [9.17, 15) is 14.7 Å². The molecule has 194 valence electrons. The first-order chi connectivity index (χ1) is 16.9. The number of hydrogen-bond acceptors (Lipinski definition) is 5. The predicted octanol–water partition coefficient (Wildman–Crippen LogP) is 3.23. The molecule has 1 N–H and O–H groups in total. The molecule has 1 atom stereocenters. The highest BCUT2D eigenvalue weighted by atomic mass is 16.5. The van der Waals surface area contributed by atoms with Crippen molar-refractivity contribution in [3.63, 3.8) is 0 Å². The zero-order chi connectivity index (χ0) is 26.4. The second-order valence-electron chi connectivity index (χ2n) is 11.7. The van der Waals surface area contributed by atoms with E-state index in [0.717, 1.165) is 34.0 Å². The van der Waals surface area contributed by atoms with Crippen molar-refractivity contribution < 1.29 is 19.4 Å². The molecule has 3 heterocycles. The van der Waals surface area contributed by atoms with Crippen LogP contribution >= 0.6 is 0 Å². The van der Waals surface area contributed by atoms with Crippen molar-refractivity contribution in [1.29, 1.82) is 0 Å². The van der Waals surface area contributed by atoms with Crippen LogP contribution in [0.1, 0.15) is 70.1 Å². The van der Waals surface area contributed by atoms with Gasteiger partial charge in [0.1, 0.15) is 11.3 Å². The Morgan fingerprint density at radius 1 is 1.28 bits per heavy atom. The number of ether oxygens (including phenoxy) is 2. The maximum absolute atomic E-state index is 12.9. The maximum Gasteiger partial charge on any atom is 0.341 e. The van der Waals surface area contributed by atoms with Gasteiger partial charge in [0, 0.05) is 41.7 Å². The van der Waals surface area contributed by atoms with E-state index >= 15 is 0 Å². The number of aromatic nitrogens is 1. The summed E-state index contributed by atoms with van der Waals surface area (Å²) in [5.74, 6) is -0.391. The van der Waals surface area contributed by atoms with Gasteiger partial charge >= 0.3 is 5.97 Å². The molecule has 0 aliphatic carbocycles. The van der Waals surface area contributed by atoms with E-state index in [1.165, 1.54) is 17.8 Å². The lowest BCUT2D eigenvalue weighted by molar-refractivity contribution is -0.120. The topological polar surface area (TPSA) is 81.0 Å². The second-order valence-corrected chi connectivity index (χ2v) is 11.7. The summed E-state index contributed by atoms with van der Waals surface area (Å²) in [5.41, 5.74) is 1.97. The largest absolute Gasteiger partial charge is 0.492 e. The SMILES string of the molecule is CC/C(C)=c1/c(OCC2(C)COC2)ccc/c1=C1\c2cc(=O)c(C(=O)O)cn2C(C(C)(C)C)CN1C. The monoisotopic (exact) mass is 494 g/mol. The lowest BCUT2D eigenvalue weighted by Gasteiger charge is -2.43. The van der Waals surface area contributed by atoms with Crippen LogP contribution in [0.25, 0.3) is 11.3 Å². The van der Waals surface area contributed by atoms with Gasteiger partial charge in [0.15, 0.2) is 5.43 Å². The Labute approximate surface area is 212 Å². The Balaban J connectivity index is 2.04. The second kappa shape index (κ2) is 9.43. The molecule has 2 aliphatic heterocycles. The Bertz CT molecular complexity index is 1360. The van der Waals surface area contributed by atoms with Crippen LogP contribution in [0, 0.1) is 10.8 Å². The average molecular weight is 495 g/mol. The maximum atomic E-state index is 12.9. The molecule has 7 nitrogen and oxygen atoms in total. The van der Waals surface area contributed by atoms with Crippen LogP contribution in [0.3, 0.4) is 0 Å². The standard InChI is InChI=1S/C29H38N2O5/c1-8-18(2)25-19(10-9-11-23(25)36-17-29(6)15-35-16-29)26-21-12-22(32)20(27(33)34)13-31(21)24(14-30(26)7)28(3,4)5/h9-13,24H,8,14-17H2,1-7H3,(H,33,34)/b25-18+,26-19-. The van der Waals surface area contributed by atoms with E-state index in [0.29, 0.717) is 26.4 Å². The number of carbonyl (C=O) groups is 1. The Morgan fingerprint density at radius 2 is 1.97 bits per heavy atom.